The molecular formula is C27H34N4O5. The van der Waals surface area contributed by atoms with E-state index in [0.29, 0.717) is 45.2 Å². The van der Waals surface area contributed by atoms with Crippen LogP contribution in [0.2, 0.25) is 0 Å². The van der Waals surface area contributed by atoms with Gasteiger partial charge in [-0.05, 0) is 67.6 Å². The van der Waals surface area contributed by atoms with Crippen molar-refractivity contribution >= 4 is 16.9 Å². The molecule has 3 aromatic rings. The van der Waals surface area contributed by atoms with Crippen LogP contribution in [-0.2, 0) is 17.6 Å². The fourth-order valence-electron chi connectivity index (χ4n) is 5.25. The Labute approximate surface area is 211 Å². The van der Waals surface area contributed by atoms with E-state index in [1.54, 1.807) is 14.2 Å². The van der Waals surface area contributed by atoms with Gasteiger partial charge in [0.05, 0.1) is 45.6 Å². The summed E-state index contributed by atoms with van der Waals surface area (Å²) in [5.41, 5.74) is 4.25. The number of urea groups is 1. The fraction of sp³-hybridized carbons (Fsp3) is 0.481. The number of nitrogens with one attached hydrogen (secondary N) is 1. The zero-order valence-electron chi connectivity index (χ0n) is 21.2. The highest BCUT2D eigenvalue weighted by Gasteiger charge is 2.35. The largest absolute Gasteiger partial charge is 0.497 e. The third kappa shape index (κ3) is 4.67. The number of methoxy groups -OCH3 is 2. The quantitative estimate of drug-likeness (QED) is 0.535. The number of carbonyl (C=O) groups excluding carboxylic acids is 1. The van der Waals surface area contributed by atoms with Gasteiger partial charge in [-0.2, -0.15) is 5.10 Å². The number of ether oxygens (including phenoxy) is 4. The maximum atomic E-state index is 13.7. The minimum Gasteiger partial charge on any atom is -0.497 e. The fourth-order valence-corrected chi connectivity index (χ4v) is 5.25. The van der Waals surface area contributed by atoms with Crippen LogP contribution >= 0.6 is 0 Å². The van der Waals surface area contributed by atoms with Gasteiger partial charge >= 0.3 is 6.03 Å². The van der Waals surface area contributed by atoms with Crippen molar-refractivity contribution < 1.29 is 23.7 Å². The Hall–Kier alpha value is -3.46. The number of amides is 2. The van der Waals surface area contributed by atoms with Crippen molar-refractivity contribution in [1.29, 1.82) is 0 Å². The average molecular weight is 495 g/mol. The Balaban J connectivity index is 1.48. The molecule has 0 bridgehead atoms. The van der Waals surface area contributed by atoms with E-state index in [0.717, 1.165) is 52.9 Å². The third-order valence-corrected chi connectivity index (χ3v) is 7.12. The van der Waals surface area contributed by atoms with Gasteiger partial charge in [-0.25, -0.2) is 4.79 Å². The van der Waals surface area contributed by atoms with Gasteiger partial charge < -0.3 is 28.7 Å². The topological polar surface area (TPSA) is 89.2 Å². The monoisotopic (exact) mass is 494 g/mol. The summed E-state index contributed by atoms with van der Waals surface area (Å²) in [6.45, 7) is 5.55. The van der Waals surface area contributed by atoms with Crippen LogP contribution in [0.25, 0.3) is 10.9 Å². The second kappa shape index (κ2) is 10.7. The molecule has 2 aliphatic heterocycles. The highest BCUT2D eigenvalue weighted by Crippen LogP contribution is 2.41. The number of hydrogen-bond donors (Lipinski definition) is 1. The Bertz CT molecular complexity index is 1220. The van der Waals surface area contributed by atoms with E-state index in [-0.39, 0.29) is 12.1 Å². The highest BCUT2D eigenvalue weighted by atomic mass is 16.5. The predicted molar refractivity (Wildman–Crippen MR) is 136 cm³/mol. The molecule has 36 heavy (non-hydrogen) atoms. The first-order valence-electron chi connectivity index (χ1n) is 12.6. The number of nitrogens with zero attached hydrogens (tertiary/aromatic N) is 3. The smallest absolute Gasteiger partial charge is 0.320 e. The summed E-state index contributed by atoms with van der Waals surface area (Å²) >= 11 is 0. The molecule has 0 saturated carbocycles. The predicted octanol–water partition coefficient (Wildman–Crippen LogP) is 3.96. The number of aromatic nitrogens is 2. The van der Waals surface area contributed by atoms with Gasteiger partial charge in [0.15, 0.2) is 11.5 Å². The van der Waals surface area contributed by atoms with Crippen molar-refractivity contribution in [3.63, 3.8) is 0 Å². The van der Waals surface area contributed by atoms with Crippen LogP contribution in [0.4, 0.5) is 4.79 Å². The second-order valence-corrected chi connectivity index (χ2v) is 9.10. The zero-order chi connectivity index (χ0) is 25.1. The van der Waals surface area contributed by atoms with Gasteiger partial charge in [0.1, 0.15) is 5.75 Å². The summed E-state index contributed by atoms with van der Waals surface area (Å²) in [5.74, 6) is 2.24. The molecule has 1 aromatic heterocycles. The van der Waals surface area contributed by atoms with Crippen LogP contribution in [0.1, 0.15) is 36.2 Å². The van der Waals surface area contributed by atoms with Gasteiger partial charge in [0.25, 0.3) is 0 Å². The van der Waals surface area contributed by atoms with Gasteiger partial charge in [-0.15, -0.1) is 0 Å². The normalized spacial score (nSPS) is 17.7. The van der Waals surface area contributed by atoms with Crippen LogP contribution in [0.3, 0.4) is 0 Å². The lowest BCUT2D eigenvalue weighted by Crippen LogP contribution is -2.51. The summed E-state index contributed by atoms with van der Waals surface area (Å²) in [6.07, 6.45) is 2.25. The van der Waals surface area contributed by atoms with E-state index in [4.69, 9.17) is 18.9 Å². The van der Waals surface area contributed by atoms with Gasteiger partial charge in [0, 0.05) is 30.7 Å². The Kier molecular flexibility index (Phi) is 7.18. The molecule has 0 radical (unpaired) electrons. The minimum absolute atomic E-state index is 0.0684. The van der Waals surface area contributed by atoms with Crippen LogP contribution in [0.5, 0.6) is 17.2 Å². The van der Waals surface area contributed by atoms with E-state index in [1.807, 2.05) is 34.9 Å². The van der Waals surface area contributed by atoms with E-state index in [9.17, 15) is 4.79 Å². The molecule has 9 nitrogen and oxygen atoms in total. The van der Waals surface area contributed by atoms with Crippen molar-refractivity contribution in [2.75, 3.05) is 53.7 Å². The molecule has 9 heteroatoms. The summed E-state index contributed by atoms with van der Waals surface area (Å²) < 4.78 is 22.4. The molecule has 1 atom stereocenters. The number of rotatable bonds is 7. The zero-order valence-corrected chi connectivity index (χ0v) is 21.2. The lowest BCUT2D eigenvalue weighted by molar-refractivity contribution is 0.0376. The number of carbonyl (C=O) groups is 1. The van der Waals surface area contributed by atoms with E-state index in [2.05, 4.69) is 22.3 Å². The second-order valence-electron chi connectivity index (χ2n) is 9.10. The molecule has 2 aliphatic rings. The Morgan fingerprint density at radius 1 is 1.11 bits per heavy atom. The summed E-state index contributed by atoms with van der Waals surface area (Å²) in [6, 6.07) is 9.99. The summed E-state index contributed by atoms with van der Waals surface area (Å²) in [7, 11) is 3.33. The minimum atomic E-state index is -0.0989. The van der Waals surface area contributed by atoms with Crippen molar-refractivity contribution in [3.05, 3.63) is 47.2 Å². The first-order valence-corrected chi connectivity index (χ1v) is 12.6. The van der Waals surface area contributed by atoms with Gasteiger partial charge in [0.2, 0.25) is 0 Å². The van der Waals surface area contributed by atoms with Gasteiger partial charge in [-0.1, -0.05) is 0 Å². The van der Waals surface area contributed by atoms with E-state index < -0.39 is 0 Å². The standard InChI is InChI=1S/C27H34N4O5/c1-4-36-26-17-20-18(15-25(26)34-3)9-10-31(27(32)30-11-13-35-14-12-30)24(20)8-7-23-21-16-19(33-2)5-6-22(21)28-29-23/h5-6,15-17,24H,4,7-14H2,1-3H3,(H,28,29). The molecule has 3 heterocycles. The van der Waals surface area contributed by atoms with Crippen LogP contribution in [-0.4, -0.2) is 79.7 Å². The summed E-state index contributed by atoms with van der Waals surface area (Å²) in [5, 5.41) is 8.72. The number of aromatic amines is 1. The first kappa shape index (κ1) is 24.2. The number of benzene rings is 2. The molecule has 1 N–H and O–H groups in total. The molecule has 1 fully saturated rings. The molecular weight excluding hydrogens is 460 g/mol. The van der Waals surface area contributed by atoms with E-state index >= 15 is 0 Å². The molecule has 2 amide bonds. The van der Waals surface area contributed by atoms with E-state index in [1.165, 1.54) is 5.56 Å². The molecule has 1 saturated heterocycles. The summed E-state index contributed by atoms with van der Waals surface area (Å²) in [4.78, 5) is 17.6. The Morgan fingerprint density at radius 2 is 1.94 bits per heavy atom. The lowest BCUT2D eigenvalue weighted by Gasteiger charge is -2.41. The average Bonchev–Trinajstić information content (AvgIpc) is 3.33. The van der Waals surface area contributed by atoms with Crippen molar-refractivity contribution in [1.82, 2.24) is 20.0 Å². The maximum Gasteiger partial charge on any atom is 0.320 e. The Morgan fingerprint density at radius 3 is 2.69 bits per heavy atom. The number of H-pyrrole nitrogens is 1. The third-order valence-electron chi connectivity index (χ3n) is 7.12. The lowest BCUT2D eigenvalue weighted by atomic mass is 9.88. The van der Waals surface area contributed by atoms with Crippen LogP contribution in [0, 0.1) is 0 Å². The first-order chi connectivity index (χ1) is 17.6. The number of morpholine rings is 1. The molecule has 1 unspecified atom stereocenters. The number of fused-ring (bicyclic) bond motifs is 2. The molecule has 5 rings (SSSR count). The molecule has 2 aromatic carbocycles. The molecule has 0 spiro atoms. The molecule has 0 aliphatic carbocycles. The van der Waals surface area contributed by atoms with Crippen molar-refractivity contribution in [2.24, 2.45) is 0 Å². The van der Waals surface area contributed by atoms with Crippen LogP contribution < -0.4 is 14.2 Å². The van der Waals surface area contributed by atoms with Crippen molar-refractivity contribution in [3.8, 4) is 17.2 Å². The number of hydrogen-bond acceptors (Lipinski definition) is 6. The maximum absolute atomic E-state index is 13.7. The van der Waals surface area contributed by atoms with Crippen LogP contribution in [0.15, 0.2) is 30.3 Å². The van der Waals surface area contributed by atoms with Crippen molar-refractivity contribution in [2.45, 2.75) is 32.2 Å². The highest BCUT2D eigenvalue weighted by molar-refractivity contribution is 5.83. The number of aryl methyl sites for hydroxylation is 1. The molecule has 192 valence electrons. The SMILES string of the molecule is CCOc1cc2c(cc1OC)CCN(C(=O)N1CCOCC1)C2CCc1[nH]nc2ccc(OC)cc12. The van der Waals surface area contributed by atoms with Gasteiger partial charge in [-0.3, -0.25) is 5.10 Å².